The van der Waals surface area contributed by atoms with E-state index in [0.29, 0.717) is 11.1 Å². The predicted molar refractivity (Wildman–Crippen MR) is 171 cm³/mol. The van der Waals surface area contributed by atoms with Gasteiger partial charge in [-0.2, -0.15) is 9.97 Å². The number of aromatic nitrogens is 4. The number of esters is 1. The van der Waals surface area contributed by atoms with Crippen LogP contribution in [0.5, 0.6) is 5.88 Å². The van der Waals surface area contributed by atoms with Crippen molar-refractivity contribution < 1.29 is 29.2 Å². The van der Waals surface area contributed by atoms with Crippen LogP contribution in [0.4, 0.5) is 5.95 Å². The summed E-state index contributed by atoms with van der Waals surface area (Å²) in [4.78, 5) is 26.7. The molecule has 11 nitrogen and oxygen atoms in total. The summed E-state index contributed by atoms with van der Waals surface area (Å²) in [7, 11) is -4.05. The van der Waals surface area contributed by atoms with Crippen molar-refractivity contribution in [2.45, 2.75) is 107 Å². The first-order valence-corrected chi connectivity index (χ1v) is 20.6. The van der Waals surface area contributed by atoms with Gasteiger partial charge in [-0.05, 0) is 22.2 Å². The summed E-state index contributed by atoms with van der Waals surface area (Å²) in [6, 6.07) is 8.62. The summed E-state index contributed by atoms with van der Waals surface area (Å²) in [5.41, 5.74) is 5.96. The highest BCUT2D eigenvalue weighted by Gasteiger charge is 2.71. The largest absolute Gasteiger partial charge is 0.479 e. The number of hydrogen-bond donors (Lipinski definition) is 3. The molecule has 0 radical (unpaired) electrons. The summed E-state index contributed by atoms with van der Waals surface area (Å²) in [6.07, 6.45) is -1.92. The van der Waals surface area contributed by atoms with Crippen LogP contribution in [0.3, 0.4) is 0 Å². The van der Waals surface area contributed by atoms with Crippen molar-refractivity contribution in [1.29, 1.82) is 0 Å². The van der Waals surface area contributed by atoms with E-state index in [4.69, 9.17) is 19.9 Å². The van der Waals surface area contributed by atoms with E-state index < -0.39 is 56.5 Å². The number of methoxy groups -OCH3 is 1. The van der Waals surface area contributed by atoms with Crippen molar-refractivity contribution in [2.24, 2.45) is 0 Å². The Labute approximate surface area is 255 Å². The van der Waals surface area contributed by atoms with Gasteiger partial charge in [-0.1, -0.05) is 85.9 Å². The van der Waals surface area contributed by atoms with E-state index >= 15 is 0 Å². The van der Waals surface area contributed by atoms with Crippen molar-refractivity contribution in [3.63, 3.8) is 0 Å². The minimum atomic E-state index is -2.94. The molecule has 1 saturated heterocycles. The number of carbonyl (C=O) groups excluding carboxylic acids is 1. The van der Waals surface area contributed by atoms with Crippen LogP contribution in [0.25, 0.3) is 11.2 Å². The van der Waals surface area contributed by atoms with Gasteiger partial charge in [-0.3, -0.25) is 4.57 Å². The first-order valence-electron chi connectivity index (χ1n) is 14.6. The fraction of sp³-hybridized carbons (Fsp3) is 0.600. The van der Waals surface area contributed by atoms with Crippen molar-refractivity contribution >= 4 is 39.2 Å². The summed E-state index contributed by atoms with van der Waals surface area (Å²) in [5, 5.41) is 23.2. The molecular formula is C30H47N5O6Si2. The number of fused-ring (bicyclic) bond motifs is 1. The first-order chi connectivity index (χ1) is 19.7. The van der Waals surface area contributed by atoms with Crippen molar-refractivity contribution in [2.75, 3.05) is 12.8 Å². The van der Waals surface area contributed by atoms with Gasteiger partial charge in [0.1, 0.15) is 11.3 Å². The van der Waals surface area contributed by atoms with E-state index in [1.54, 1.807) is 28.8 Å². The van der Waals surface area contributed by atoms with Gasteiger partial charge in [0.2, 0.25) is 11.8 Å². The smallest absolute Gasteiger partial charge is 0.338 e. The molecule has 1 aliphatic heterocycles. The first kappa shape index (κ1) is 33.1. The van der Waals surface area contributed by atoms with Gasteiger partial charge in [0, 0.05) is 0 Å². The third-order valence-corrected chi connectivity index (χ3v) is 22.3. The molecule has 1 aromatic carbocycles. The fourth-order valence-electron chi connectivity index (χ4n) is 5.51. The second-order valence-corrected chi connectivity index (χ2v) is 25.8. The number of rotatable bonds is 7. The van der Waals surface area contributed by atoms with Gasteiger partial charge < -0.3 is 30.2 Å². The fourth-order valence-corrected chi connectivity index (χ4v) is 10.7. The van der Waals surface area contributed by atoms with Crippen LogP contribution in [0.2, 0.25) is 36.3 Å². The number of aliphatic hydroxyl groups excluding tert-OH is 1. The second kappa shape index (κ2) is 10.9. The molecule has 4 N–H and O–H groups in total. The van der Waals surface area contributed by atoms with Gasteiger partial charge in [0.25, 0.3) is 0 Å². The predicted octanol–water partition coefficient (Wildman–Crippen LogP) is 4.73. The lowest BCUT2D eigenvalue weighted by Crippen LogP contribution is -2.73. The van der Waals surface area contributed by atoms with Gasteiger partial charge in [0.05, 0.1) is 40.9 Å². The zero-order valence-electron chi connectivity index (χ0n) is 27.2. The maximum absolute atomic E-state index is 13.7. The van der Waals surface area contributed by atoms with Crippen LogP contribution in [-0.4, -0.2) is 82.1 Å². The average molecular weight is 630 g/mol. The Bertz CT molecular complexity index is 1480. The molecule has 236 valence electrons. The van der Waals surface area contributed by atoms with Gasteiger partial charge in [0.15, 0.2) is 23.5 Å². The molecule has 0 saturated carbocycles. The highest BCUT2D eigenvalue weighted by molar-refractivity contribution is 6.84. The third kappa shape index (κ3) is 5.28. The Kier molecular flexibility index (Phi) is 8.42. The number of hydrogen-bond acceptors (Lipinski definition) is 10. The molecular weight excluding hydrogens is 583 g/mol. The van der Waals surface area contributed by atoms with E-state index in [1.165, 1.54) is 13.4 Å². The average Bonchev–Trinajstić information content (AvgIpc) is 3.46. The lowest BCUT2D eigenvalue weighted by molar-refractivity contribution is -0.0745. The Morgan fingerprint density at radius 3 is 2.21 bits per heavy atom. The number of carbonyl (C=O) groups is 1. The minimum Gasteiger partial charge on any atom is -0.479 e. The molecule has 13 heteroatoms. The number of imidazole rings is 1. The van der Waals surface area contributed by atoms with Crippen LogP contribution in [-0.2, 0) is 9.47 Å². The molecule has 1 unspecified atom stereocenters. The number of benzene rings is 1. The maximum Gasteiger partial charge on any atom is 0.338 e. The molecule has 0 aliphatic carbocycles. The van der Waals surface area contributed by atoms with Crippen molar-refractivity contribution in [3.05, 3.63) is 42.2 Å². The van der Waals surface area contributed by atoms with Crippen LogP contribution >= 0.6 is 0 Å². The number of anilines is 1. The van der Waals surface area contributed by atoms with Crippen LogP contribution in [0.15, 0.2) is 36.7 Å². The Morgan fingerprint density at radius 2 is 1.67 bits per heavy atom. The lowest BCUT2D eigenvalue weighted by Gasteiger charge is -2.53. The van der Waals surface area contributed by atoms with Crippen molar-refractivity contribution in [1.82, 2.24) is 19.5 Å². The van der Waals surface area contributed by atoms with Crippen LogP contribution in [0, 0.1) is 0 Å². The lowest BCUT2D eigenvalue weighted by atomic mass is 10.1. The third-order valence-electron chi connectivity index (χ3n) is 10.4. The number of ether oxygens (including phenoxy) is 3. The molecule has 0 spiro atoms. The van der Waals surface area contributed by atoms with Crippen molar-refractivity contribution in [3.8, 4) is 5.88 Å². The van der Waals surface area contributed by atoms with Crippen LogP contribution < -0.4 is 10.5 Å². The number of nitrogens with zero attached hydrogens (tertiary/aromatic N) is 4. The minimum absolute atomic E-state index is 0.0422. The molecule has 3 aromatic rings. The SMILES string of the molecule is COc1nc(N)nc2c1ncn2[C@@H]1O[C@H](C(O)[Si](C)(C)C(C)(C)C)[C@](O)([Si](C)(C)C(C)(C)C)[C@@H]1OC(=O)c1ccccc1. The topological polar surface area (TPSA) is 155 Å². The van der Waals surface area contributed by atoms with E-state index in [9.17, 15) is 15.0 Å². The summed E-state index contributed by atoms with van der Waals surface area (Å²) < 4.78 is 20.1. The molecule has 43 heavy (non-hydrogen) atoms. The van der Waals surface area contributed by atoms with Gasteiger partial charge >= 0.3 is 5.97 Å². The Balaban J connectivity index is 2.01. The Morgan fingerprint density at radius 1 is 1.07 bits per heavy atom. The molecule has 5 atom stereocenters. The summed E-state index contributed by atoms with van der Waals surface area (Å²) >= 11 is 0. The molecule has 3 heterocycles. The second-order valence-electron chi connectivity index (χ2n) is 14.7. The van der Waals surface area contributed by atoms with Gasteiger partial charge in [-0.15, -0.1) is 0 Å². The van der Waals surface area contributed by atoms with Gasteiger partial charge in [-0.25, -0.2) is 9.78 Å². The molecule has 4 rings (SSSR count). The molecule has 0 amide bonds. The standard InChI is InChI=1S/C30H47N5O6Si2/c1-28(2,3)42(8,9)26(37)21-30(38,43(10,11)29(4,5)6)20(41-25(36)18-15-13-12-14-16-18)24(40-21)35-17-32-19-22(35)33-27(31)34-23(19)39-7/h12-17,20-21,24,26,37-38H,1-11H3,(H2,31,33,34)/t20-,21-,24-,26?,30-/m1/s1. The summed E-state index contributed by atoms with van der Waals surface area (Å²) in [5.74, 6) is -0.482. The quantitative estimate of drug-likeness (QED) is 0.247. The molecule has 0 bridgehead atoms. The molecule has 2 aromatic heterocycles. The van der Waals surface area contributed by atoms with E-state index in [1.807, 2.05) is 6.07 Å². The Hall–Kier alpha value is -2.85. The number of nitrogens with two attached hydrogens (primary N) is 1. The summed E-state index contributed by atoms with van der Waals surface area (Å²) in [6.45, 7) is 20.8. The highest BCUT2D eigenvalue weighted by Crippen LogP contribution is 2.55. The molecule has 1 aliphatic rings. The monoisotopic (exact) mass is 629 g/mol. The highest BCUT2D eigenvalue weighted by atomic mass is 28.3. The zero-order chi connectivity index (χ0) is 32.3. The number of aliphatic hydroxyl groups is 2. The number of nitrogen functional groups attached to an aromatic ring is 1. The van der Waals surface area contributed by atoms with E-state index in [2.05, 4.69) is 82.7 Å². The van der Waals surface area contributed by atoms with E-state index in [0.717, 1.165) is 0 Å². The molecule has 1 fully saturated rings. The zero-order valence-corrected chi connectivity index (χ0v) is 29.2. The normalized spacial score (nSPS) is 24.3. The maximum atomic E-state index is 13.7. The van der Waals surface area contributed by atoms with E-state index in [-0.39, 0.29) is 22.5 Å². The van der Waals surface area contributed by atoms with Crippen LogP contribution in [0.1, 0.15) is 58.1 Å².